The number of piperidine rings is 1. The van der Waals surface area contributed by atoms with Crippen LogP contribution in [-0.2, 0) is 4.79 Å². The minimum Gasteiger partial charge on any atom is -0.299 e. The molecule has 0 saturated carbocycles. The number of carbonyl (C=O) groups excluding carboxylic acids is 1. The molecule has 1 fully saturated rings. The molecular formula is C10H16F3NOS. The van der Waals surface area contributed by atoms with Gasteiger partial charge in [-0.15, -0.1) is 0 Å². The van der Waals surface area contributed by atoms with Crippen LogP contribution in [0.25, 0.3) is 0 Å². The van der Waals surface area contributed by atoms with Crippen LogP contribution < -0.4 is 0 Å². The highest BCUT2D eigenvalue weighted by atomic mass is 32.2. The summed E-state index contributed by atoms with van der Waals surface area (Å²) in [6, 6.07) is 0.0510. The van der Waals surface area contributed by atoms with Gasteiger partial charge in [0.2, 0.25) is 0 Å². The SMILES string of the molecule is CC1C(=O)CCN(CCSC(F)(F)F)C1C. The lowest BCUT2D eigenvalue weighted by Crippen LogP contribution is -2.47. The van der Waals surface area contributed by atoms with E-state index < -0.39 is 5.51 Å². The molecule has 6 heteroatoms. The van der Waals surface area contributed by atoms with Crippen molar-refractivity contribution in [1.29, 1.82) is 0 Å². The number of rotatable bonds is 3. The Labute approximate surface area is 97.6 Å². The molecule has 0 aromatic heterocycles. The zero-order valence-corrected chi connectivity index (χ0v) is 10.2. The Kier molecular flexibility index (Phi) is 4.67. The van der Waals surface area contributed by atoms with Crippen molar-refractivity contribution in [2.75, 3.05) is 18.8 Å². The number of alkyl halides is 3. The second-order valence-corrected chi connectivity index (χ2v) is 5.24. The summed E-state index contributed by atoms with van der Waals surface area (Å²) in [4.78, 5) is 13.3. The number of ketones is 1. The highest BCUT2D eigenvalue weighted by Gasteiger charge is 2.32. The Bertz CT molecular complexity index is 257. The number of hydrogen-bond donors (Lipinski definition) is 0. The van der Waals surface area contributed by atoms with Crippen LogP contribution >= 0.6 is 11.8 Å². The Balaban J connectivity index is 2.35. The van der Waals surface area contributed by atoms with Gasteiger partial charge in [0, 0.05) is 37.2 Å². The van der Waals surface area contributed by atoms with Crippen molar-refractivity contribution in [3.63, 3.8) is 0 Å². The number of halogens is 3. The fraction of sp³-hybridized carbons (Fsp3) is 0.900. The first-order valence-corrected chi connectivity index (χ1v) is 6.27. The van der Waals surface area contributed by atoms with Gasteiger partial charge >= 0.3 is 5.51 Å². The van der Waals surface area contributed by atoms with Crippen LogP contribution in [0.4, 0.5) is 13.2 Å². The van der Waals surface area contributed by atoms with Crippen LogP contribution in [0.2, 0.25) is 0 Å². The maximum atomic E-state index is 11.9. The van der Waals surface area contributed by atoms with E-state index in [2.05, 4.69) is 0 Å². The van der Waals surface area contributed by atoms with Crippen molar-refractivity contribution >= 4 is 17.5 Å². The van der Waals surface area contributed by atoms with Crippen molar-refractivity contribution in [2.45, 2.75) is 31.8 Å². The third-order valence-electron chi connectivity index (χ3n) is 3.10. The third kappa shape index (κ3) is 3.97. The summed E-state index contributed by atoms with van der Waals surface area (Å²) in [5, 5.41) is 0. The number of Topliss-reactive ketones (excluding diaryl/α,β-unsaturated/α-hetero) is 1. The largest absolute Gasteiger partial charge is 0.441 e. The molecule has 1 aliphatic heterocycles. The van der Waals surface area contributed by atoms with Crippen LogP contribution in [0.3, 0.4) is 0 Å². The molecule has 1 rings (SSSR count). The second kappa shape index (κ2) is 5.40. The summed E-state index contributed by atoms with van der Waals surface area (Å²) in [5.74, 6) is 0.186. The predicted molar refractivity (Wildman–Crippen MR) is 58.3 cm³/mol. The molecule has 1 aliphatic rings. The standard InChI is InChI=1S/C10H16F3NOS/c1-7-8(2)14(4-3-9(7)15)5-6-16-10(11,12)13/h7-8H,3-6H2,1-2H3. The van der Waals surface area contributed by atoms with Gasteiger partial charge in [-0.2, -0.15) is 13.2 Å². The van der Waals surface area contributed by atoms with Crippen molar-refractivity contribution < 1.29 is 18.0 Å². The lowest BCUT2D eigenvalue weighted by molar-refractivity contribution is -0.127. The summed E-state index contributed by atoms with van der Waals surface area (Å²) in [6.45, 7) is 4.72. The molecule has 2 atom stereocenters. The molecule has 0 bridgehead atoms. The highest BCUT2D eigenvalue weighted by Crippen LogP contribution is 2.30. The molecule has 0 aromatic rings. The molecule has 2 unspecified atom stereocenters. The molecule has 1 heterocycles. The zero-order valence-electron chi connectivity index (χ0n) is 9.38. The number of thioether (sulfide) groups is 1. The fourth-order valence-corrected chi connectivity index (χ4v) is 2.42. The van der Waals surface area contributed by atoms with Gasteiger partial charge in [-0.05, 0) is 18.7 Å². The normalized spacial score (nSPS) is 28.4. The van der Waals surface area contributed by atoms with E-state index >= 15 is 0 Å². The fourth-order valence-electron chi connectivity index (χ4n) is 1.86. The Morgan fingerprint density at radius 2 is 2.06 bits per heavy atom. The maximum Gasteiger partial charge on any atom is 0.441 e. The lowest BCUT2D eigenvalue weighted by Gasteiger charge is -2.36. The van der Waals surface area contributed by atoms with Gasteiger partial charge in [0.25, 0.3) is 0 Å². The molecule has 0 spiro atoms. The molecule has 0 aliphatic carbocycles. The van der Waals surface area contributed by atoms with E-state index in [1.54, 1.807) is 0 Å². The molecular weight excluding hydrogens is 239 g/mol. The molecule has 94 valence electrons. The minimum absolute atomic E-state index is 0.00469. The number of hydrogen-bond acceptors (Lipinski definition) is 3. The van der Waals surface area contributed by atoms with E-state index in [1.807, 2.05) is 18.7 Å². The average Bonchev–Trinajstić information content (AvgIpc) is 2.16. The Morgan fingerprint density at radius 3 is 2.62 bits per heavy atom. The highest BCUT2D eigenvalue weighted by molar-refractivity contribution is 8.00. The smallest absolute Gasteiger partial charge is 0.299 e. The van der Waals surface area contributed by atoms with Gasteiger partial charge in [0.1, 0.15) is 5.78 Å². The number of likely N-dealkylation sites (tertiary alicyclic amines) is 1. The summed E-state index contributed by atoms with van der Waals surface area (Å²) in [7, 11) is 0. The molecule has 1 saturated heterocycles. The van der Waals surface area contributed by atoms with Crippen LogP contribution in [0.15, 0.2) is 0 Å². The summed E-state index contributed by atoms with van der Waals surface area (Å²) >= 11 is 0.00469. The van der Waals surface area contributed by atoms with Crippen LogP contribution in [0.5, 0.6) is 0 Å². The van der Waals surface area contributed by atoms with Crippen molar-refractivity contribution in [1.82, 2.24) is 4.90 Å². The van der Waals surface area contributed by atoms with E-state index in [0.717, 1.165) is 0 Å². The van der Waals surface area contributed by atoms with Gasteiger partial charge in [-0.25, -0.2) is 0 Å². The number of carbonyl (C=O) groups is 1. The van der Waals surface area contributed by atoms with E-state index in [0.29, 0.717) is 19.5 Å². The van der Waals surface area contributed by atoms with E-state index in [4.69, 9.17) is 0 Å². The monoisotopic (exact) mass is 255 g/mol. The average molecular weight is 255 g/mol. The van der Waals surface area contributed by atoms with E-state index in [9.17, 15) is 18.0 Å². The topological polar surface area (TPSA) is 20.3 Å². The van der Waals surface area contributed by atoms with Crippen LogP contribution in [0.1, 0.15) is 20.3 Å². The van der Waals surface area contributed by atoms with Crippen molar-refractivity contribution in [2.24, 2.45) is 5.92 Å². The van der Waals surface area contributed by atoms with E-state index in [-0.39, 0.29) is 35.3 Å². The second-order valence-electron chi connectivity index (χ2n) is 4.08. The van der Waals surface area contributed by atoms with E-state index in [1.165, 1.54) is 0 Å². The third-order valence-corrected chi connectivity index (χ3v) is 3.81. The molecule has 16 heavy (non-hydrogen) atoms. The van der Waals surface area contributed by atoms with Gasteiger partial charge < -0.3 is 0 Å². The van der Waals surface area contributed by atoms with Gasteiger partial charge in [0.05, 0.1) is 0 Å². The Hall–Kier alpha value is -0.230. The first kappa shape index (κ1) is 13.8. The summed E-state index contributed by atoms with van der Waals surface area (Å²) in [6.07, 6.45) is 0.461. The maximum absolute atomic E-state index is 11.9. The van der Waals surface area contributed by atoms with Crippen LogP contribution in [0, 0.1) is 5.92 Å². The first-order chi connectivity index (χ1) is 7.31. The van der Waals surface area contributed by atoms with Crippen LogP contribution in [-0.4, -0.2) is 41.1 Å². The van der Waals surface area contributed by atoms with Gasteiger partial charge in [0.15, 0.2) is 0 Å². The van der Waals surface area contributed by atoms with Crippen molar-refractivity contribution in [3.05, 3.63) is 0 Å². The lowest BCUT2D eigenvalue weighted by atomic mass is 9.91. The van der Waals surface area contributed by atoms with Gasteiger partial charge in [-0.3, -0.25) is 9.69 Å². The predicted octanol–water partition coefficient (Wildman–Crippen LogP) is 2.54. The van der Waals surface area contributed by atoms with Gasteiger partial charge in [-0.1, -0.05) is 6.92 Å². The zero-order chi connectivity index (χ0) is 12.3. The summed E-state index contributed by atoms with van der Waals surface area (Å²) in [5.41, 5.74) is -4.15. The molecule has 0 amide bonds. The molecule has 0 radical (unpaired) electrons. The quantitative estimate of drug-likeness (QED) is 0.773. The number of nitrogens with zero attached hydrogens (tertiary/aromatic N) is 1. The molecule has 2 nitrogen and oxygen atoms in total. The van der Waals surface area contributed by atoms with Crippen molar-refractivity contribution in [3.8, 4) is 0 Å². The summed E-state index contributed by atoms with van der Waals surface area (Å²) < 4.78 is 35.8. The minimum atomic E-state index is -4.15. The Morgan fingerprint density at radius 1 is 1.44 bits per heavy atom. The molecule has 0 N–H and O–H groups in total. The first-order valence-electron chi connectivity index (χ1n) is 5.28. The molecule has 0 aromatic carbocycles.